The van der Waals surface area contributed by atoms with Crippen molar-refractivity contribution in [2.24, 2.45) is 0 Å². The lowest BCUT2D eigenvalue weighted by atomic mass is 10.5. The van der Waals surface area contributed by atoms with Gasteiger partial charge < -0.3 is 0 Å². The molecule has 0 N–H and O–H groups in total. The third-order valence-electron chi connectivity index (χ3n) is 2.69. The largest absolute Gasteiger partial charge is 0.328 e. The molecule has 0 aliphatic heterocycles. The Hall–Kier alpha value is -1.85. The van der Waals surface area contributed by atoms with Crippen LogP contribution < -0.4 is 5.69 Å². The van der Waals surface area contributed by atoms with Crippen molar-refractivity contribution in [1.82, 2.24) is 23.9 Å². The monoisotopic (exact) mass is 235 g/mol. The van der Waals surface area contributed by atoms with Crippen molar-refractivity contribution in [2.45, 2.75) is 39.9 Å². The molecule has 0 aromatic carbocycles. The molecule has 92 valence electrons. The normalized spacial score (nSPS) is 10.9. The predicted octanol–water partition coefficient (Wildman–Crippen LogP) is 0.720. The Morgan fingerprint density at radius 1 is 1.24 bits per heavy atom. The molecule has 2 aromatic rings. The molecule has 0 aliphatic carbocycles. The Morgan fingerprint density at radius 3 is 2.71 bits per heavy atom. The van der Waals surface area contributed by atoms with Gasteiger partial charge in [0, 0.05) is 25.5 Å². The highest BCUT2D eigenvalue weighted by atomic mass is 16.1. The van der Waals surface area contributed by atoms with Gasteiger partial charge >= 0.3 is 5.69 Å². The molecule has 0 bridgehead atoms. The summed E-state index contributed by atoms with van der Waals surface area (Å²) in [4.78, 5) is 16.1. The average Bonchev–Trinajstić information content (AvgIpc) is 2.91. The number of aryl methyl sites for hydroxylation is 2. The van der Waals surface area contributed by atoms with Gasteiger partial charge in [0.15, 0.2) is 0 Å². The topological polar surface area (TPSA) is 57.6 Å². The fourth-order valence-corrected chi connectivity index (χ4v) is 1.81. The van der Waals surface area contributed by atoms with Crippen LogP contribution in [0.4, 0.5) is 0 Å². The molecule has 0 amide bonds. The van der Waals surface area contributed by atoms with E-state index < -0.39 is 0 Å². The van der Waals surface area contributed by atoms with Crippen LogP contribution in [-0.4, -0.2) is 23.9 Å². The summed E-state index contributed by atoms with van der Waals surface area (Å²) in [6, 6.07) is 0. The molecule has 6 heteroatoms. The number of nitrogens with zero attached hydrogens (tertiary/aromatic N) is 5. The molecule has 2 heterocycles. The van der Waals surface area contributed by atoms with Crippen LogP contribution in [0.25, 0.3) is 0 Å². The van der Waals surface area contributed by atoms with Gasteiger partial charge in [-0.2, -0.15) is 5.10 Å². The molecule has 0 radical (unpaired) electrons. The first-order valence-corrected chi connectivity index (χ1v) is 5.88. The zero-order chi connectivity index (χ0) is 12.3. The van der Waals surface area contributed by atoms with E-state index in [2.05, 4.69) is 17.0 Å². The van der Waals surface area contributed by atoms with Crippen LogP contribution in [0.15, 0.2) is 23.5 Å². The maximum absolute atomic E-state index is 12.0. The van der Waals surface area contributed by atoms with Crippen molar-refractivity contribution in [2.75, 3.05) is 0 Å². The molecule has 17 heavy (non-hydrogen) atoms. The summed E-state index contributed by atoms with van der Waals surface area (Å²) in [5.41, 5.74) is 0.0116. The first-order valence-electron chi connectivity index (χ1n) is 5.88. The minimum Gasteiger partial charge on any atom is -0.299 e. The molecule has 6 nitrogen and oxygen atoms in total. The van der Waals surface area contributed by atoms with Gasteiger partial charge in [-0.25, -0.2) is 14.5 Å². The predicted molar refractivity (Wildman–Crippen MR) is 63.8 cm³/mol. The molecule has 0 atom stereocenters. The van der Waals surface area contributed by atoms with E-state index in [1.165, 1.54) is 6.33 Å². The van der Waals surface area contributed by atoms with Gasteiger partial charge in [0.2, 0.25) is 0 Å². The van der Waals surface area contributed by atoms with Crippen molar-refractivity contribution in [1.29, 1.82) is 0 Å². The quantitative estimate of drug-likeness (QED) is 0.767. The molecule has 2 aromatic heterocycles. The molecular weight excluding hydrogens is 218 g/mol. The van der Waals surface area contributed by atoms with Gasteiger partial charge in [0.25, 0.3) is 0 Å². The highest BCUT2D eigenvalue weighted by Gasteiger charge is 2.07. The van der Waals surface area contributed by atoms with Gasteiger partial charge in [-0.15, -0.1) is 0 Å². The summed E-state index contributed by atoms with van der Waals surface area (Å²) >= 11 is 0. The first kappa shape index (κ1) is 11.6. The van der Waals surface area contributed by atoms with E-state index in [1.54, 1.807) is 20.0 Å². The van der Waals surface area contributed by atoms with Gasteiger partial charge in [0.1, 0.15) is 12.2 Å². The van der Waals surface area contributed by atoms with Crippen LogP contribution in [0.1, 0.15) is 26.1 Å². The lowest BCUT2D eigenvalue weighted by Crippen LogP contribution is -2.25. The van der Waals surface area contributed by atoms with Crippen LogP contribution in [0, 0.1) is 0 Å². The molecule has 0 saturated heterocycles. The summed E-state index contributed by atoms with van der Waals surface area (Å²) in [5, 5.41) is 4.09. The van der Waals surface area contributed by atoms with Gasteiger partial charge in [-0.3, -0.25) is 9.13 Å². The first-order chi connectivity index (χ1) is 8.26. The van der Waals surface area contributed by atoms with Crippen molar-refractivity contribution in [3.05, 3.63) is 35.0 Å². The Bertz CT molecular complexity index is 536. The van der Waals surface area contributed by atoms with Crippen LogP contribution in [0.2, 0.25) is 0 Å². The number of rotatable bonds is 5. The van der Waals surface area contributed by atoms with Crippen molar-refractivity contribution >= 4 is 0 Å². The SMILES string of the molecule is CCCn1ccn(Cc2ncnn2CC)c1=O. The Labute approximate surface area is 99.5 Å². The maximum Gasteiger partial charge on any atom is 0.328 e. The zero-order valence-electron chi connectivity index (χ0n) is 10.2. The molecular formula is C11H17N5O. The molecule has 0 unspecified atom stereocenters. The van der Waals surface area contributed by atoms with Gasteiger partial charge in [0.05, 0.1) is 6.54 Å². The van der Waals surface area contributed by atoms with Crippen LogP contribution in [0.5, 0.6) is 0 Å². The Morgan fingerprint density at radius 2 is 2.00 bits per heavy atom. The van der Waals surface area contributed by atoms with E-state index in [4.69, 9.17) is 0 Å². The van der Waals surface area contributed by atoms with Crippen LogP contribution in [0.3, 0.4) is 0 Å². The second-order valence-corrected chi connectivity index (χ2v) is 3.89. The molecule has 0 spiro atoms. The van der Waals surface area contributed by atoms with Crippen LogP contribution >= 0.6 is 0 Å². The van der Waals surface area contributed by atoms with E-state index in [-0.39, 0.29) is 5.69 Å². The Balaban J connectivity index is 2.22. The van der Waals surface area contributed by atoms with E-state index in [0.29, 0.717) is 6.54 Å². The highest BCUT2D eigenvalue weighted by molar-refractivity contribution is 4.90. The summed E-state index contributed by atoms with van der Waals surface area (Å²) in [7, 11) is 0. The van der Waals surface area contributed by atoms with Crippen molar-refractivity contribution in [3.8, 4) is 0 Å². The second kappa shape index (κ2) is 4.99. The zero-order valence-corrected chi connectivity index (χ0v) is 10.2. The standard InChI is InChI=1S/C11H17N5O/c1-3-5-14-6-7-15(11(14)17)8-10-12-9-13-16(10)4-2/h6-7,9H,3-5,8H2,1-2H3. The third kappa shape index (κ3) is 2.30. The highest BCUT2D eigenvalue weighted by Crippen LogP contribution is 1.97. The van der Waals surface area contributed by atoms with E-state index in [0.717, 1.165) is 25.3 Å². The third-order valence-corrected chi connectivity index (χ3v) is 2.69. The van der Waals surface area contributed by atoms with E-state index >= 15 is 0 Å². The molecule has 0 saturated carbocycles. The summed E-state index contributed by atoms with van der Waals surface area (Å²) < 4.78 is 5.17. The number of imidazole rings is 1. The maximum atomic E-state index is 12.0. The lowest BCUT2D eigenvalue weighted by Gasteiger charge is -2.03. The number of hydrogen-bond acceptors (Lipinski definition) is 3. The van der Waals surface area contributed by atoms with E-state index in [9.17, 15) is 4.79 Å². The number of hydrogen-bond donors (Lipinski definition) is 0. The van der Waals surface area contributed by atoms with Gasteiger partial charge in [-0.05, 0) is 13.3 Å². The number of aromatic nitrogens is 5. The van der Waals surface area contributed by atoms with E-state index in [1.807, 2.05) is 13.1 Å². The molecule has 0 fully saturated rings. The minimum atomic E-state index is 0.0116. The molecule has 2 rings (SSSR count). The lowest BCUT2D eigenvalue weighted by molar-refractivity contribution is 0.571. The van der Waals surface area contributed by atoms with Crippen LogP contribution in [-0.2, 0) is 19.6 Å². The Kier molecular flexibility index (Phi) is 3.41. The summed E-state index contributed by atoms with van der Waals surface area (Å²) in [5.74, 6) is 0.809. The fraction of sp³-hybridized carbons (Fsp3) is 0.545. The van der Waals surface area contributed by atoms with Crippen molar-refractivity contribution in [3.63, 3.8) is 0 Å². The van der Waals surface area contributed by atoms with Gasteiger partial charge in [-0.1, -0.05) is 6.92 Å². The average molecular weight is 235 g/mol. The minimum absolute atomic E-state index is 0.0116. The fourth-order valence-electron chi connectivity index (χ4n) is 1.81. The smallest absolute Gasteiger partial charge is 0.299 e. The molecule has 0 aliphatic rings. The van der Waals surface area contributed by atoms with Crippen molar-refractivity contribution < 1.29 is 0 Å². The summed E-state index contributed by atoms with van der Waals surface area (Å²) in [6.45, 7) is 6.05. The second-order valence-electron chi connectivity index (χ2n) is 3.89. The summed E-state index contributed by atoms with van der Waals surface area (Å²) in [6.07, 6.45) is 6.09.